The SMILES string of the molecule is CC(C)([B]C#N)OC(=O)C1CCN(CC2CCN(c3cncc(C4CCC(=O)NC4=O)c3)CC2)CC1. The molecule has 4 heterocycles. The Morgan fingerprint density at radius 1 is 1.17 bits per heavy atom. The molecule has 3 aliphatic heterocycles. The molecule has 0 spiro atoms. The Morgan fingerprint density at radius 3 is 2.56 bits per heavy atom. The van der Waals surface area contributed by atoms with E-state index in [9.17, 15) is 14.4 Å². The predicted molar refractivity (Wildman–Crippen MR) is 135 cm³/mol. The Balaban J connectivity index is 1.22. The molecular weight excluding hydrogens is 457 g/mol. The van der Waals surface area contributed by atoms with E-state index in [0.29, 0.717) is 18.8 Å². The first kappa shape index (κ1) is 26.1. The van der Waals surface area contributed by atoms with Crippen molar-refractivity contribution in [2.75, 3.05) is 37.6 Å². The van der Waals surface area contributed by atoms with Crippen LogP contribution in [0.4, 0.5) is 5.69 Å². The number of piperidine rings is 3. The number of nitrogens with one attached hydrogen (secondary N) is 1. The molecule has 0 saturated carbocycles. The standard InChI is InChI=1S/C26H35BN5O4/c1-26(2,27-17-28)36-25(35)19-7-9-31(10-8-19)16-18-5-11-32(12-6-18)21-13-20(14-29-15-21)22-3-4-23(33)30-24(22)34/h13-15,18-19,22H,3-12,16H2,1-2H3,(H,30,33,34). The van der Waals surface area contributed by atoms with Crippen LogP contribution in [0.3, 0.4) is 0 Å². The van der Waals surface area contributed by atoms with Gasteiger partial charge in [0.2, 0.25) is 11.8 Å². The van der Waals surface area contributed by atoms with Crippen molar-refractivity contribution in [3.8, 4) is 5.97 Å². The highest BCUT2D eigenvalue weighted by Crippen LogP contribution is 2.30. The van der Waals surface area contributed by atoms with Crippen molar-refractivity contribution in [2.24, 2.45) is 11.8 Å². The summed E-state index contributed by atoms with van der Waals surface area (Å²) in [7, 11) is 1.35. The Kier molecular flexibility index (Phi) is 8.30. The van der Waals surface area contributed by atoms with Crippen LogP contribution in [0.5, 0.6) is 0 Å². The molecule has 3 saturated heterocycles. The number of hydrogen-bond donors (Lipinski definition) is 1. The van der Waals surface area contributed by atoms with Gasteiger partial charge < -0.3 is 14.5 Å². The van der Waals surface area contributed by atoms with Gasteiger partial charge in [0.05, 0.1) is 29.2 Å². The summed E-state index contributed by atoms with van der Waals surface area (Å²) in [5.41, 5.74) is 1.05. The number of imide groups is 1. The van der Waals surface area contributed by atoms with Gasteiger partial charge in [-0.05, 0) is 76.6 Å². The zero-order valence-electron chi connectivity index (χ0n) is 21.2. The number of rotatable bonds is 7. The molecule has 1 aromatic heterocycles. The second kappa shape index (κ2) is 11.4. The molecule has 0 aliphatic carbocycles. The van der Waals surface area contributed by atoms with E-state index in [1.54, 1.807) is 20.0 Å². The minimum atomic E-state index is -0.853. The van der Waals surface area contributed by atoms with Crippen LogP contribution in [-0.4, -0.2) is 73.2 Å². The van der Waals surface area contributed by atoms with E-state index >= 15 is 0 Å². The number of esters is 1. The number of likely N-dealkylation sites (tertiary alicyclic amines) is 1. The summed E-state index contributed by atoms with van der Waals surface area (Å²) in [6, 6.07) is 2.05. The van der Waals surface area contributed by atoms with Gasteiger partial charge in [0.25, 0.3) is 0 Å². The van der Waals surface area contributed by atoms with Gasteiger partial charge in [-0.2, -0.15) is 0 Å². The van der Waals surface area contributed by atoms with Crippen LogP contribution in [-0.2, 0) is 19.1 Å². The van der Waals surface area contributed by atoms with Crippen molar-refractivity contribution in [2.45, 2.75) is 63.8 Å². The van der Waals surface area contributed by atoms with Crippen molar-refractivity contribution in [3.63, 3.8) is 0 Å². The summed E-state index contributed by atoms with van der Waals surface area (Å²) in [6.07, 6.45) is 8.24. The summed E-state index contributed by atoms with van der Waals surface area (Å²) < 4.78 is 5.53. The smallest absolute Gasteiger partial charge is 0.309 e. The first-order valence-electron chi connectivity index (χ1n) is 13.0. The second-order valence-corrected chi connectivity index (χ2v) is 10.8. The van der Waals surface area contributed by atoms with Crippen LogP contribution in [0.1, 0.15) is 63.9 Å². The quantitative estimate of drug-likeness (QED) is 0.349. The highest BCUT2D eigenvalue weighted by molar-refractivity contribution is 6.48. The third kappa shape index (κ3) is 6.64. The highest BCUT2D eigenvalue weighted by atomic mass is 16.6. The maximum atomic E-state index is 12.5. The third-order valence-corrected chi connectivity index (χ3v) is 7.58. The van der Waals surface area contributed by atoms with Crippen molar-refractivity contribution >= 4 is 30.8 Å². The van der Waals surface area contributed by atoms with Crippen LogP contribution in [0, 0.1) is 23.1 Å². The van der Waals surface area contributed by atoms with Crippen molar-refractivity contribution in [1.29, 1.82) is 5.26 Å². The van der Waals surface area contributed by atoms with E-state index in [1.165, 1.54) is 7.28 Å². The van der Waals surface area contributed by atoms with E-state index < -0.39 is 5.50 Å². The zero-order chi connectivity index (χ0) is 25.7. The Labute approximate surface area is 213 Å². The molecule has 3 fully saturated rings. The van der Waals surface area contributed by atoms with E-state index in [4.69, 9.17) is 10.00 Å². The van der Waals surface area contributed by atoms with Crippen molar-refractivity contribution in [1.82, 2.24) is 15.2 Å². The van der Waals surface area contributed by atoms with Gasteiger partial charge in [-0.15, -0.1) is 0 Å². The molecule has 1 unspecified atom stereocenters. The van der Waals surface area contributed by atoms with Gasteiger partial charge in [-0.1, -0.05) is 0 Å². The number of amides is 2. The van der Waals surface area contributed by atoms with Crippen molar-refractivity contribution < 1.29 is 19.1 Å². The minimum Gasteiger partial charge on any atom is -0.468 e. The largest absolute Gasteiger partial charge is 0.468 e. The molecule has 36 heavy (non-hydrogen) atoms. The van der Waals surface area contributed by atoms with Gasteiger partial charge in [0.1, 0.15) is 0 Å². The lowest BCUT2D eigenvalue weighted by molar-refractivity contribution is -0.157. The Bertz CT molecular complexity index is 1010. The molecule has 1 aromatic rings. The third-order valence-electron chi connectivity index (χ3n) is 7.58. The maximum Gasteiger partial charge on any atom is 0.309 e. The molecule has 4 rings (SSSR count). The molecule has 1 atom stereocenters. The van der Waals surface area contributed by atoms with Gasteiger partial charge in [-0.3, -0.25) is 24.7 Å². The van der Waals surface area contributed by atoms with E-state index in [0.717, 1.165) is 69.7 Å². The molecule has 0 aromatic carbocycles. The first-order chi connectivity index (χ1) is 17.2. The number of nitriles is 1. The Hall–Kier alpha value is -2.93. The second-order valence-electron chi connectivity index (χ2n) is 10.8. The number of hydrogen-bond acceptors (Lipinski definition) is 8. The zero-order valence-corrected chi connectivity index (χ0v) is 21.2. The summed E-state index contributed by atoms with van der Waals surface area (Å²) in [6.45, 7) is 8.17. The van der Waals surface area contributed by atoms with Crippen molar-refractivity contribution in [3.05, 3.63) is 24.0 Å². The molecule has 2 amide bonds. The first-order valence-corrected chi connectivity index (χ1v) is 13.0. The lowest BCUT2D eigenvalue weighted by Crippen LogP contribution is -2.44. The lowest BCUT2D eigenvalue weighted by Gasteiger charge is -2.38. The number of anilines is 1. The number of ether oxygens (including phenoxy) is 1. The number of carbonyl (C=O) groups excluding carboxylic acids is 3. The molecule has 191 valence electrons. The summed E-state index contributed by atoms with van der Waals surface area (Å²) in [5.74, 6) is 1.52. The molecule has 0 bridgehead atoms. The molecular formula is C26H35BN5O4. The van der Waals surface area contributed by atoms with Crippen LogP contribution in [0.25, 0.3) is 0 Å². The average Bonchev–Trinajstić information content (AvgIpc) is 2.85. The van der Waals surface area contributed by atoms with Gasteiger partial charge in [-0.25, -0.2) is 5.26 Å². The molecule has 9 nitrogen and oxygen atoms in total. The topological polar surface area (TPSA) is 116 Å². The van der Waals surface area contributed by atoms with Crippen LogP contribution in [0.15, 0.2) is 18.5 Å². The number of pyridine rings is 1. The van der Waals surface area contributed by atoms with Crippen LogP contribution in [0.2, 0.25) is 0 Å². The molecule has 1 N–H and O–H groups in total. The number of carbonyl (C=O) groups is 3. The fourth-order valence-corrected chi connectivity index (χ4v) is 5.44. The summed E-state index contributed by atoms with van der Waals surface area (Å²) in [5, 5.41) is 11.3. The molecule has 10 heteroatoms. The monoisotopic (exact) mass is 492 g/mol. The van der Waals surface area contributed by atoms with Gasteiger partial charge in [0.15, 0.2) is 0 Å². The average molecular weight is 492 g/mol. The fourth-order valence-electron chi connectivity index (χ4n) is 5.44. The summed E-state index contributed by atoms with van der Waals surface area (Å²) in [4.78, 5) is 45.4. The number of nitrogens with zero attached hydrogens (tertiary/aromatic N) is 4. The van der Waals surface area contributed by atoms with E-state index in [2.05, 4.69) is 20.1 Å². The fraction of sp³-hybridized carbons (Fsp3) is 0.654. The predicted octanol–water partition coefficient (Wildman–Crippen LogP) is 1.99. The minimum absolute atomic E-state index is 0.0985. The molecule has 3 aliphatic rings. The lowest BCUT2D eigenvalue weighted by atomic mass is 9.64. The highest BCUT2D eigenvalue weighted by Gasteiger charge is 2.33. The number of aromatic nitrogens is 1. The maximum absolute atomic E-state index is 12.5. The molecule has 1 radical (unpaired) electrons. The van der Waals surface area contributed by atoms with Crippen LogP contribution >= 0.6 is 0 Å². The summed E-state index contributed by atoms with van der Waals surface area (Å²) >= 11 is 0. The van der Waals surface area contributed by atoms with E-state index in [-0.39, 0.29) is 29.6 Å². The Morgan fingerprint density at radius 2 is 1.89 bits per heavy atom. The normalized spacial score (nSPS) is 22.6. The van der Waals surface area contributed by atoms with Crippen LogP contribution < -0.4 is 10.2 Å². The van der Waals surface area contributed by atoms with Gasteiger partial charge >= 0.3 is 13.2 Å². The van der Waals surface area contributed by atoms with Gasteiger partial charge in [0, 0.05) is 38.2 Å². The van der Waals surface area contributed by atoms with E-state index in [1.807, 2.05) is 18.2 Å².